The van der Waals surface area contributed by atoms with E-state index in [4.69, 9.17) is 20.8 Å². The van der Waals surface area contributed by atoms with Gasteiger partial charge >= 0.3 is 10.2 Å². The van der Waals surface area contributed by atoms with Crippen LogP contribution in [0.5, 0.6) is 5.75 Å². The Morgan fingerprint density at radius 2 is 1.89 bits per heavy atom. The zero-order chi connectivity index (χ0) is 40.4. The maximum absolute atomic E-state index is 14.1. The quantitative estimate of drug-likeness (QED) is 0.266. The number of ether oxygens (including phenoxy) is 1. The number of fused-ring (bicyclic) bond motifs is 5. The SMILES string of the molecule is CN(C)S(=O)(=O)NC(=O)C1(O)CC(=O)N2CC[C@H]2C/C=C/C(O[Si](C)(C)C(C)(C)C)C2CCC2CN2CC3(CCCc4cc(Cl)ccc43)COc3ccc1cc32. The molecule has 306 valence electrons. The topological polar surface area (TPSA) is 129 Å². The van der Waals surface area contributed by atoms with Crippen molar-refractivity contribution in [2.75, 3.05) is 45.2 Å². The van der Waals surface area contributed by atoms with Crippen molar-refractivity contribution in [3.8, 4) is 5.75 Å². The van der Waals surface area contributed by atoms with E-state index in [0.717, 1.165) is 42.8 Å². The Labute approximate surface area is 339 Å². The first-order valence-electron chi connectivity index (χ1n) is 20.2. The standard InChI is InChI=1S/C42H59ClN4O7SSi/c1-40(2,3)56(6,7)54-36-12-8-11-32-19-21-47(32)38(48)24-42(50,39(49)44-55(51,52)45(4)5)30-14-18-37-35(23-30)46(25-29-13-16-33(29)36)26-41(27-53-37)20-9-10-28-22-31(43)15-17-34(28)41/h8,12,14-15,17-18,22-23,29,32-33,36,50H,9-11,13,16,19-21,24-27H2,1-7H3,(H,44,49)/b12-8+/t29?,32-,33?,36?,41?,42?/m1/s1. The summed E-state index contributed by atoms with van der Waals surface area (Å²) in [5, 5.41) is 13.2. The first-order chi connectivity index (χ1) is 26.2. The fourth-order valence-electron chi connectivity index (χ4n) is 9.01. The number of nitrogens with one attached hydrogen (secondary N) is 1. The molecule has 7 rings (SSSR count). The minimum Gasteiger partial charge on any atom is -0.490 e. The predicted molar refractivity (Wildman–Crippen MR) is 222 cm³/mol. The lowest BCUT2D eigenvalue weighted by molar-refractivity contribution is -0.153. The van der Waals surface area contributed by atoms with Crippen molar-refractivity contribution in [2.24, 2.45) is 11.8 Å². The van der Waals surface area contributed by atoms with Crippen molar-refractivity contribution in [1.82, 2.24) is 13.9 Å². The Morgan fingerprint density at radius 1 is 1.12 bits per heavy atom. The van der Waals surface area contributed by atoms with E-state index in [2.05, 4.69) is 63.0 Å². The lowest BCUT2D eigenvalue weighted by Crippen LogP contribution is -2.56. The van der Waals surface area contributed by atoms with Crippen LogP contribution >= 0.6 is 11.6 Å². The summed E-state index contributed by atoms with van der Waals surface area (Å²) in [6.45, 7) is 13.7. The number of anilines is 1. The molecule has 2 bridgehead atoms. The van der Waals surface area contributed by atoms with Gasteiger partial charge in [-0.25, -0.2) is 4.72 Å². The molecule has 1 saturated heterocycles. The Bertz CT molecular complexity index is 2000. The molecule has 56 heavy (non-hydrogen) atoms. The fourth-order valence-corrected chi connectivity index (χ4v) is 11.1. The van der Waals surface area contributed by atoms with Crippen LogP contribution in [0.3, 0.4) is 0 Å². The van der Waals surface area contributed by atoms with Crippen LogP contribution in [-0.4, -0.2) is 95.3 Å². The summed E-state index contributed by atoms with van der Waals surface area (Å²) in [7, 11) is -3.86. The molecule has 2 fully saturated rings. The van der Waals surface area contributed by atoms with Crippen LogP contribution in [0.2, 0.25) is 23.2 Å². The third-order valence-corrected chi connectivity index (χ3v) is 19.9. The van der Waals surface area contributed by atoms with Crippen molar-refractivity contribution in [3.63, 3.8) is 0 Å². The average Bonchev–Trinajstić information content (AvgIpc) is 3.23. The molecule has 2 N–H and O–H groups in total. The molecule has 2 aromatic carbocycles. The molecule has 5 unspecified atom stereocenters. The van der Waals surface area contributed by atoms with E-state index in [9.17, 15) is 23.1 Å². The normalized spacial score (nSPS) is 30.2. The highest BCUT2D eigenvalue weighted by Gasteiger charge is 2.49. The van der Waals surface area contributed by atoms with Gasteiger partial charge in [-0.2, -0.15) is 12.7 Å². The minimum absolute atomic E-state index is 0.0304. The fraction of sp³-hybridized carbons (Fsp3) is 0.619. The summed E-state index contributed by atoms with van der Waals surface area (Å²) in [5.74, 6) is -0.436. The second-order valence-electron chi connectivity index (χ2n) is 18.6. The average molecular weight is 828 g/mol. The van der Waals surface area contributed by atoms with E-state index >= 15 is 0 Å². The molecule has 0 aromatic heterocycles. The highest BCUT2D eigenvalue weighted by Crippen LogP contribution is 2.49. The van der Waals surface area contributed by atoms with Gasteiger partial charge in [-0.05, 0) is 116 Å². The second kappa shape index (κ2) is 15.0. The molecule has 6 atom stereocenters. The second-order valence-corrected chi connectivity index (χ2v) is 25.7. The molecular formula is C42H59ClN4O7SSi. The number of hydrogen-bond donors (Lipinski definition) is 2. The van der Waals surface area contributed by atoms with Gasteiger partial charge < -0.3 is 24.1 Å². The molecule has 2 aliphatic carbocycles. The third-order valence-electron chi connectivity index (χ3n) is 13.8. The maximum Gasteiger partial charge on any atom is 0.303 e. The molecule has 1 saturated carbocycles. The lowest BCUT2D eigenvalue weighted by atomic mass is 9.68. The van der Waals surface area contributed by atoms with Crippen LogP contribution in [0.4, 0.5) is 5.69 Å². The summed E-state index contributed by atoms with van der Waals surface area (Å²) in [5.41, 5.74) is 0.424. The number of aryl methyl sites for hydroxylation is 1. The largest absolute Gasteiger partial charge is 0.490 e. The molecule has 3 aliphatic heterocycles. The highest BCUT2D eigenvalue weighted by molar-refractivity contribution is 7.87. The van der Waals surface area contributed by atoms with Crippen LogP contribution in [0.25, 0.3) is 0 Å². The number of carbonyl (C=O) groups excluding carboxylic acids is 2. The van der Waals surface area contributed by atoms with Gasteiger partial charge in [-0.15, -0.1) is 0 Å². The van der Waals surface area contributed by atoms with E-state index in [1.807, 2.05) is 10.8 Å². The first kappa shape index (κ1) is 41.2. The third kappa shape index (κ3) is 7.68. The van der Waals surface area contributed by atoms with Gasteiger partial charge in [0.1, 0.15) is 5.75 Å². The van der Waals surface area contributed by atoms with E-state index in [-0.39, 0.29) is 40.0 Å². The molecular weight excluding hydrogens is 768 g/mol. The maximum atomic E-state index is 14.1. The number of amides is 2. The molecule has 14 heteroatoms. The molecule has 1 spiro atoms. The van der Waals surface area contributed by atoms with Gasteiger partial charge in [0.2, 0.25) is 5.91 Å². The number of rotatable bonds is 5. The van der Waals surface area contributed by atoms with Crippen molar-refractivity contribution in [2.45, 2.75) is 113 Å². The summed E-state index contributed by atoms with van der Waals surface area (Å²) in [6, 6.07) is 11.1. The zero-order valence-corrected chi connectivity index (χ0v) is 36.5. The molecule has 11 nitrogen and oxygen atoms in total. The Morgan fingerprint density at radius 3 is 2.55 bits per heavy atom. The Balaban J connectivity index is 1.35. The number of nitrogens with zero attached hydrogens (tertiary/aromatic N) is 3. The van der Waals surface area contributed by atoms with Crippen LogP contribution in [-0.2, 0) is 41.7 Å². The smallest absolute Gasteiger partial charge is 0.303 e. The van der Waals surface area contributed by atoms with Crippen LogP contribution in [0.1, 0.15) is 82.4 Å². The lowest BCUT2D eigenvalue weighted by Gasteiger charge is -2.48. The van der Waals surface area contributed by atoms with Crippen LogP contribution < -0.4 is 14.4 Å². The molecule has 2 amide bonds. The minimum atomic E-state index is -4.29. The van der Waals surface area contributed by atoms with Crippen molar-refractivity contribution >= 4 is 47.6 Å². The summed E-state index contributed by atoms with van der Waals surface area (Å²) in [4.78, 5) is 32.2. The summed E-state index contributed by atoms with van der Waals surface area (Å²) in [6.07, 6.45) is 9.99. The summed E-state index contributed by atoms with van der Waals surface area (Å²) < 4.78 is 42.8. The van der Waals surface area contributed by atoms with Gasteiger partial charge in [0.25, 0.3) is 5.91 Å². The number of aliphatic hydroxyl groups is 1. The zero-order valence-electron chi connectivity index (χ0n) is 33.9. The van der Waals surface area contributed by atoms with Gasteiger partial charge in [-0.1, -0.05) is 56.7 Å². The van der Waals surface area contributed by atoms with E-state index in [1.54, 1.807) is 23.1 Å². The van der Waals surface area contributed by atoms with Crippen LogP contribution in [0.15, 0.2) is 48.6 Å². The van der Waals surface area contributed by atoms with Gasteiger partial charge in [0.15, 0.2) is 13.9 Å². The summed E-state index contributed by atoms with van der Waals surface area (Å²) >= 11 is 6.51. The number of benzene rings is 2. The Kier molecular flexibility index (Phi) is 11.1. The first-order valence-corrected chi connectivity index (χ1v) is 24.9. The van der Waals surface area contributed by atoms with Gasteiger partial charge in [-0.3, -0.25) is 9.59 Å². The molecule has 0 radical (unpaired) electrons. The molecule has 2 aromatic rings. The van der Waals surface area contributed by atoms with Crippen LogP contribution in [0, 0.1) is 11.8 Å². The van der Waals surface area contributed by atoms with Crippen molar-refractivity contribution < 1.29 is 32.3 Å². The molecule has 3 heterocycles. The van der Waals surface area contributed by atoms with Gasteiger partial charge in [0.05, 0.1) is 24.8 Å². The van der Waals surface area contributed by atoms with Crippen molar-refractivity contribution in [3.05, 3.63) is 70.3 Å². The van der Waals surface area contributed by atoms with E-state index in [0.29, 0.717) is 49.1 Å². The number of halogens is 1. The van der Waals surface area contributed by atoms with Gasteiger partial charge in [0, 0.05) is 50.2 Å². The van der Waals surface area contributed by atoms with E-state index < -0.39 is 42.4 Å². The molecule has 5 aliphatic rings. The highest BCUT2D eigenvalue weighted by atomic mass is 35.5. The van der Waals surface area contributed by atoms with Crippen molar-refractivity contribution in [1.29, 1.82) is 0 Å². The predicted octanol–water partition coefficient (Wildman–Crippen LogP) is 6.29. The van der Waals surface area contributed by atoms with E-state index in [1.165, 1.54) is 25.2 Å². The monoisotopic (exact) mass is 826 g/mol. The number of hydrogen-bond acceptors (Lipinski definition) is 8. The number of carbonyl (C=O) groups is 2. The Hall–Kier alpha value is -2.94.